The summed E-state index contributed by atoms with van der Waals surface area (Å²) < 4.78 is 7.10. The first-order chi connectivity index (χ1) is 15.0. The Morgan fingerprint density at radius 1 is 1.16 bits per heavy atom. The van der Waals surface area contributed by atoms with E-state index in [-0.39, 0.29) is 5.88 Å². The summed E-state index contributed by atoms with van der Waals surface area (Å²) in [6.07, 6.45) is 1.92. The Kier molecular flexibility index (Phi) is 5.66. The minimum Gasteiger partial charge on any atom is -0.497 e. The van der Waals surface area contributed by atoms with Crippen LogP contribution in [0.5, 0.6) is 11.6 Å². The predicted molar refractivity (Wildman–Crippen MR) is 120 cm³/mol. The van der Waals surface area contributed by atoms with Gasteiger partial charge in [-0.05, 0) is 43.7 Å². The number of nitrogens with zero attached hydrogens (tertiary/aromatic N) is 4. The van der Waals surface area contributed by atoms with Gasteiger partial charge in [-0.2, -0.15) is 0 Å². The third-order valence-corrected chi connectivity index (χ3v) is 5.27. The van der Waals surface area contributed by atoms with Gasteiger partial charge >= 0.3 is 0 Å². The van der Waals surface area contributed by atoms with Crippen molar-refractivity contribution in [3.05, 3.63) is 59.8 Å². The zero-order valence-electron chi connectivity index (χ0n) is 17.8. The Morgan fingerprint density at radius 2 is 1.97 bits per heavy atom. The third kappa shape index (κ3) is 3.86. The van der Waals surface area contributed by atoms with E-state index in [4.69, 9.17) is 4.74 Å². The normalized spacial score (nSPS) is 11.6. The Balaban J connectivity index is 1.77. The molecule has 0 unspecified atom stereocenters. The molecule has 0 saturated carbocycles. The first-order valence-electron chi connectivity index (χ1n) is 10.2. The summed E-state index contributed by atoms with van der Waals surface area (Å²) in [7, 11) is 1.57. The number of carbonyl (C=O) groups excluding carboxylic acids is 1. The number of aromatic hydroxyl groups is 1. The van der Waals surface area contributed by atoms with Gasteiger partial charge in [-0.3, -0.25) is 9.78 Å². The monoisotopic (exact) mass is 416 g/mol. The van der Waals surface area contributed by atoms with E-state index in [9.17, 15) is 9.90 Å². The summed E-state index contributed by atoms with van der Waals surface area (Å²) in [5.74, 6) is 0.137. The molecule has 0 aliphatic heterocycles. The molecule has 0 aliphatic carbocycles. The lowest BCUT2D eigenvalue weighted by molar-refractivity contribution is 0.0996. The maximum atomic E-state index is 13.0. The van der Waals surface area contributed by atoms with Crippen LogP contribution in [-0.4, -0.2) is 27.7 Å². The van der Waals surface area contributed by atoms with Gasteiger partial charge in [0.25, 0.3) is 5.91 Å². The average molecular weight is 416 g/mol. The lowest BCUT2D eigenvalue weighted by atomic mass is 10.1. The molecule has 0 radical (unpaired) electrons. The topological polar surface area (TPSA) is 89.1 Å². The number of aromatic nitrogens is 2. The number of pyridine rings is 1. The molecular formula is C24H24N4O3. The van der Waals surface area contributed by atoms with Gasteiger partial charge in [0.1, 0.15) is 5.75 Å². The van der Waals surface area contributed by atoms with Gasteiger partial charge in [0.05, 0.1) is 23.7 Å². The number of rotatable bonds is 6. The summed E-state index contributed by atoms with van der Waals surface area (Å²) in [6.45, 7) is 4.59. The maximum absolute atomic E-state index is 13.0. The Hall–Kier alpha value is -3.74. The molecule has 0 saturated heterocycles. The zero-order valence-corrected chi connectivity index (χ0v) is 17.8. The molecule has 0 bridgehead atoms. The smallest absolute Gasteiger partial charge is 0.296 e. The lowest BCUT2D eigenvalue weighted by Crippen LogP contribution is -1.99. The zero-order chi connectivity index (χ0) is 22.0. The van der Waals surface area contributed by atoms with E-state index in [0.29, 0.717) is 40.1 Å². The molecule has 7 heteroatoms. The summed E-state index contributed by atoms with van der Waals surface area (Å²) in [5, 5.41) is 20.3. The molecule has 1 N–H and O–H groups in total. The van der Waals surface area contributed by atoms with Gasteiger partial charge in [-0.15, -0.1) is 10.2 Å². The fraction of sp³-hybridized carbons (Fsp3) is 0.250. The Morgan fingerprint density at radius 3 is 2.74 bits per heavy atom. The van der Waals surface area contributed by atoms with Gasteiger partial charge in [0, 0.05) is 23.0 Å². The second-order valence-electron chi connectivity index (χ2n) is 7.39. The number of para-hydroxylation sites is 1. The molecule has 2 aromatic carbocycles. The number of hydrogen-bond acceptors (Lipinski definition) is 5. The van der Waals surface area contributed by atoms with Crippen molar-refractivity contribution in [3.8, 4) is 11.6 Å². The molecule has 158 valence electrons. The van der Waals surface area contributed by atoms with Gasteiger partial charge < -0.3 is 14.4 Å². The number of ether oxygens (including phenoxy) is 1. The van der Waals surface area contributed by atoms with E-state index in [1.54, 1.807) is 25.3 Å². The largest absolute Gasteiger partial charge is 0.497 e. The molecule has 0 fully saturated rings. The molecule has 4 aromatic rings. The van der Waals surface area contributed by atoms with Gasteiger partial charge in [-0.1, -0.05) is 31.5 Å². The van der Waals surface area contributed by atoms with Crippen LogP contribution in [0.3, 0.4) is 0 Å². The minimum atomic E-state index is -0.506. The Labute approximate surface area is 180 Å². The van der Waals surface area contributed by atoms with Gasteiger partial charge in [0.15, 0.2) is 5.69 Å². The van der Waals surface area contributed by atoms with Crippen LogP contribution in [-0.2, 0) is 6.54 Å². The highest BCUT2D eigenvalue weighted by molar-refractivity contribution is 6.07. The SMILES string of the molecule is CCCCn1c(O)c(N=NC(=O)c2cc(C)nc3ccc(OC)cc23)c2ccccc21. The molecule has 0 aliphatic rings. The fourth-order valence-electron chi connectivity index (χ4n) is 3.70. The average Bonchev–Trinajstić information content (AvgIpc) is 3.05. The first kappa shape index (κ1) is 20.5. The molecule has 2 heterocycles. The number of hydrogen-bond donors (Lipinski definition) is 1. The summed E-state index contributed by atoms with van der Waals surface area (Å²) in [6, 6.07) is 14.6. The van der Waals surface area contributed by atoms with E-state index >= 15 is 0 Å². The van der Waals surface area contributed by atoms with Crippen LogP contribution in [0.15, 0.2) is 58.8 Å². The third-order valence-electron chi connectivity index (χ3n) is 5.27. The highest BCUT2D eigenvalue weighted by Gasteiger charge is 2.17. The summed E-state index contributed by atoms with van der Waals surface area (Å²) in [4.78, 5) is 17.5. The summed E-state index contributed by atoms with van der Waals surface area (Å²) in [5.41, 5.74) is 2.94. The number of fused-ring (bicyclic) bond motifs is 2. The van der Waals surface area contributed by atoms with E-state index in [2.05, 4.69) is 22.1 Å². The molecule has 2 aromatic heterocycles. The van der Waals surface area contributed by atoms with Crippen LogP contribution in [0.25, 0.3) is 21.8 Å². The number of methoxy groups -OCH3 is 1. The molecule has 0 spiro atoms. The van der Waals surface area contributed by atoms with Crippen LogP contribution < -0.4 is 4.74 Å². The second kappa shape index (κ2) is 8.55. The lowest BCUT2D eigenvalue weighted by Gasteiger charge is -2.06. The number of azo groups is 1. The standard InChI is InChI=1S/C24H24N4O3/c1-4-5-12-28-21-9-7-6-8-17(21)22(24(28)30)26-27-23(29)19-13-15(2)25-20-11-10-16(31-3)14-18(19)20/h6-11,13-14,30H,4-5,12H2,1-3H3. The van der Waals surface area contributed by atoms with Crippen molar-refractivity contribution in [2.24, 2.45) is 10.2 Å². The van der Waals surface area contributed by atoms with E-state index in [0.717, 1.165) is 23.7 Å². The van der Waals surface area contributed by atoms with E-state index in [1.165, 1.54) is 0 Å². The molecule has 4 rings (SSSR count). The van der Waals surface area contributed by atoms with Crippen molar-refractivity contribution in [3.63, 3.8) is 0 Å². The summed E-state index contributed by atoms with van der Waals surface area (Å²) >= 11 is 0. The van der Waals surface area contributed by atoms with Crippen molar-refractivity contribution in [1.29, 1.82) is 0 Å². The first-order valence-corrected chi connectivity index (χ1v) is 10.2. The minimum absolute atomic E-state index is 0.0173. The van der Waals surface area contributed by atoms with Crippen LogP contribution in [0.4, 0.5) is 5.69 Å². The second-order valence-corrected chi connectivity index (χ2v) is 7.39. The number of benzene rings is 2. The van der Waals surface area contributed by atoms with Crippen molar-refractivity contribution >= 4 is 33.4 Å². The van der Waals surface area contributed by atoms with Gasteiger partial charge in [-0.25, -0.2) is 0 Å². The quantitative estimate of drug-likeness (QED) is 0.394. The molecule has 7 nitrogen and oxygen atoms in total. The number of carbonyl (C=O) groups is 1. The fourth-order valence-corrected chi connectivity index (χ4v) is 3.70. The molecule has 31 heavy (non-hydrogen) atoms. The van der Waals surface area contributed by atoms with Crippen LogP contribution in [0.1, 0.15) is 35.8 Å². The van der Waals surface area contributed by atoms with Crippen molar-refractivity contribution in [1.82, 2.24) is 9.55 Å². The molecular weight excluding hydrogens is 392 g/mol. The number of amides is 1. The van der Waals surface area contributed by atoms with Crippen molar-refractivity contribution in [2.75, 3.05) is 7.11 Å². The Bertz CT molecular complexity index is 1310. The number of unbranched alkanes of at least 4 members (excludes halogenated alkanes) is 1. The van der Waals surface area contributed by atoms with Gasteiger partial charge in [0.2, 0.25) is 5.88 Å². The maximum Gasteiger partial charge on any atom is 0.296 e. The number of aryl methyl sites for hydroxylation is 2. The van der Waals surface area contributed by atoms with Crippen molar-refractivity contribution in [2.45, 2.75) is 33.2 Å². The molecule has 0 atom stereocenters. The van der Waals surface area contributed by atoms with E-state index < -0.39 is 5.91 Å². The van der Waals surface area contributed by atoms with Crippen molar-refractivity contribution < 1.29 is 14.6 Å². The molecule has 1 amide bonds. The predicted octanol–water partition coefficient (Wildman–Crippen LogP) is 5.94. The highest BCUT2D eigenvalue weighted by Crippen LogP contribution is 2.39. The van der Waals surface area contributed by atoms with Crippen LogP contribution in [0.2, 0.25) is 0 Å². The highest BCUT2D eigenvalue weighted by atomic mass is 16.5. The van der Waals surface area contributed by atoms with E-state index in [1.807, 2.05) is 41.8 Å². The van der Waals surface area contributed by atoms with Crippen LogP contribution in [0, 0.1) is 6.92 Å². The van der Waals surface area contributed by atoms with Crippen LogP contribution >= 0.6 is 0 Å².